The van der Waals surface area contributed by atoms with Crippen molar-refractivity contribution in [2.24, 2.45) is 0 Å². The zero-order valence-corrected chi connectivity index (χ0v) is 22.8. The molecule has 2 aromatic carbocycles. The average molecular weight is 537 g/mol. The van der Waals surface area contributed by atoms with Crippen LogP contribution in [0.5, 0.6) is 11.6 Å². The minimum Gasteiger partial charge on any atom is -0.486 e. The lowest BCUT2D eigenvalue weighted by molar-refractivity contribution is -0.140. The lowest BCUT2D eigenvalue weighted by Crippen LogP contribution is -2.26. The summed E-state index contributed by atoms with van der Waals surface area (Å²) >= 11 is 0. The van der Waals surface area contributed by atoms with E-state index in [0.29, 0.717) is 24.7 Å². The van der Waals surface area contributed by atoms with E-state index in [-0.39, 0.29) is 30.5 Å². The number of rotatable bonds is 8. The summed E-state index contributed by atoms with van der Waals surface area (Å²) in [5.74, 6) is 6.80. The molecule has 0 amide bonds. The van der Waals surface area contributed by atoms with Crippen molar-refractivity contribution in [2.75, 3.05) is 20.3 Å². The van der Waals surface area contributed by atoms with E-state index < -0.39 is 0 Å². The van der Waals surface area contributed by atoms with Gasteiger partial charge >= 0.3 is 5.97 Å². The molecule has 1 aromatic heterocycles. The van der Waals surface area contributed by atoms with E-state index in [1.165, 1.54) is 7.11 Å². The molecule has 1 aliphatic carbocycles. The van der Waals surface area contributed by atoms with Crippen molar-refractivity contribution in [3.63, 3.8) is 0 Å². The van der Waals surface area contributed by atoms with Crippen LogP contribution in [0.15, 0.2) is 54.7 Å². The number of aromatic nitrogens is 1. The predicted molar refractivity (Wildman–Crippen MR) is 150 cm³/mol. The summed E-state index contributed by atoms with van der Waals surface area (Å²) in [5, 5.41) is 9.89. The highest BCUT2D eigenvalue weighted by Gasteiger charge is 2.29. The third kappa shape index (κ3) is 6.11. The molecule has 40 heavy (non-hydrogen) atoms. The van der Waals surface area contributed by atoms with Crippen LogP contribution in [0.1, 0.15) is 66.9 Å². The Kier molecular flexibility index (Phi) is 8.64. The molecule has 2 aliphatic rings. The first-order valence-corrected chi connectivity index (χ1v) is 13.6. The van der Waals surface area contributed by atoms with Gasteiger partial charge in [0.2, 0.25) is 5.88 Å². The van der Waals surface area contributed by atoms with Crippen molar-refractivity contribution in [1.82, 2.24) is 4.98 Å². The lowest BCUT2D eigenvalue weighted by atomic mass is 9.93. The van der Waals surface area contributed by atoms with Gasteiger partial charge in [0.15, 0.2) is 0 Å². The first kappa shape index (κ1) is 27.2. The summed E-state index contributed by atoms with van der Waals surface area (Å²) < 4.78 is 22.7. The molecule has 204 valence electrons. The number of hydrogen-bond donors (Lipinski definition) is 0. The van der Waals surface area contributed by atoms with E-state index >= 15 is 0 Å². The number of fused-ring (bicyclic) bond motifs is 1. The maximum Gasteiger partial charge on any atom is 0.307 e. The first-order valence-electron chi connectivity index (χ1n) is 13.6. The molecule has 0 N–H and O–H groups in total. The van der Waals surface area contributed by atoms with Crippen LogP contribution >= 0.6 is 0 Å². The van der Waals surface area contributed by atoms with E-state index in [9.17, 15) is 10.1 Å². The second-order valence-corrected chi connectivity index (χ2v) is 9.92. The van der Waals surface area contributed by atoms with Crippen LogP contribution in [-0.2, 0) is 20.7 Å². The molecule has 2 heterocycles. The highest BCUT2D eigenvalue weighted by molar-refractivity contribution is 5.76. The zero-order valence-electron chi connectivity index (χ0n) is 22.8. The molecule has 0 saturated carbocycles. The summed E-state index contributed by atoms with van der Waals surface area (Å²) in [6, 6.07) is 17.8. The molecule has 5 rings (SSSR count). The van der Waals surface area contributed by atoms with E-state index in [0.717, 1.165) is 59.3 Å². The number of benzene rings is 2. The van der Waals surface area contributed by atoms with Crippen LogP contribution in [0.3, 0.4) is 0 Å². The molecule has 1 fully saturated rings. The van der Waals surface area contributed by atoms with Crippen molar-refractivity contribution in [3.05, 3.63) is 77.0 Å². The fourth-order valence-electron chi connectivity index (χ4n) is 5.39. The SMILES string of the molecule is CC#CC(CC(=O)OC)c1ccc(O[C@@H]2CCc3c2ccc(C#N)c3-c2ccc(OC3CCOCC3)nc2)cc1. The van der Waals surface area contributed by atoms with Crippen LogP contribution in [0.25, 0.3) is 11.1 Å². The van der Waals surface area contributed by atoms with E-state index in [4.69, 9.17) is 18.9 Å². The number of esters is 1. The normalized spacial score (nSPS) is 17.1. The Labute approximate surface area is 235 Å². The van der Waals surface area contributed by atoms with Gasteiger partial charge in [-0.2, -0.15) is 5.26 Å². The number of carbonyl (C=O) groups is 1. The maximum absolute atomic E-state index is 11.8. The third-order valence-corrected chi connectivity index (χ3v) is 7.43. The Morgan fingerprint density at radius 2 is 1.88 bits per heavy atom. The Balaban J connectivity index is 1.33. The minimum atomic E-state index is -0.292. The van der Waals surface area contributed by atoms with Gasteiger partial charge in [-0.05, 0) is 60.7 Å². The van der Waals surface area contributed by atoms with Gasteiger partial charge in [-0.1, -0.05) is 24.1 Å². The zero-order chi connectivity index (χ0) is 27.9. The number of methoxy groups -OCH3 is 1. The van der Waals surface area contributed by atoms with Gasteiger partial charge in [-0.15, -0.1) is 5.92 Å². The minimum absolute atomic E-state index is 0.119. The molecular weight excluding hydrogens is 504 g/mol. The van der Waals surface area contributed by atoms with Gasteiger partial charge in [-0.25, -0.2) is 4.98 Å². The van der Waals surface area contributed by atoms with Gasteiger partial charge in [0, 0.05) is 36.2 Å². The molecule has 0 spiro atoms. The molecule has 0 radical (unpaired) electrons. The van der Waals surface area contributed by atoms with Gasteiger partial charge in [0.25, 0.3) is 0 Å². The van der Waals surface area contributed by atoms with Gasteiger partial charge < -0.3 is 18.9 Å². The van der Waals surface area contributed by atoms with Crippen molar-refractivity contribution in [2.45, 2.75) is 57.2 Å². The van der Waals surface area contributed by atoms with Crippen LogP contribution < -0.4 is 9.47 Å². The molecule has 7 nitrogen and oxygen atoms in total. The lowest BCUT2D eigenvalue weighted by Gasteiger charge is -2.22. The molecule has 7 heteroatoms. The van der Waals surface area contributed by atoms with Crippen molar-refractivity contribution in [3.8, 4) is 40.7 Å². The first-order chi connectivity index (χ1) is 19.6. The second-order valence-electron chi connectivity index (χ2n) is 9.92. The monoisotopic (exact) mass is 536 g/mol. The van der Waals surface area contributed by atoms with Crippen LogP contribution in [-0.4, -0.2) is 37.4 Å². The fraction of sp³-hybridized carbons (Fsp3) is 0.364. The van der Waals surface area contributed by atoms with Gasteiger partial charge in [0.05, 0.1) is 44.3 Å². The Morgan fingerprint density at radius 3 is 2.55 bits per heavy atom. The van der Waals surface area contributed by atoms with Crippen molar-refractivity contribution >= 4 is 5.97 Å². The average Bonchev–Trinajstić information content (AvgIpc) is 3.40. The molecular formula is C33H32N2O5. The maximum atomic E-state index is 11.8. The molecule has 0 bridgehead atoms. The molecule has 1 saturated heterocycles. The Morgan fingerprint density at radius 1 is 1.07 bits per heavy atom. The summed E-state index contributed by atoms with van der Waals surface area (Å²) in [4.78, 5) is 16.4. The highest BCUT2D eigenvalue weighted by atomic mass is 16.5. The number of ether oxygens (including phenoxy) is 4. The summed E-state index contributed by atoms with van der Waals surface area (Å²) in [7, 11) is 1.38. The summed E-state index contributed by atoms with van der Waals surface area (Å²) in [5.41, 5.74) is 5.58. The topological polar surface area (TPSA) is 90.7 Å². The van der Waals surface area contributed by atoms with Crippen molar-refractivity contribution in [1.29, 1.82) is 5.26 Å². The summed E-state index contributed by atoms with van der Waals surface area (Å²) in [6.07, 6.45) is 5.32. The number of hydrogen-bond acceptors (Lipinski definition) is 7. The third-order valence-electron chi connectivity index (χ3n) is 7.43. The van der Waals surface area contributed by atoms with Gasteiger partial charge in [0.1, 0.15) is 18.0 Å². The van der Waals surface area contributed by atoms with E-state index in [2.05, 4.69) is 22.9 Å². The fourth-order valence-corrected chi connectivity index (χ4v) is 5.39. The van der Waals surface area contributed by atoms with Crippen molar-refractivity contribution < 1.29 is 23.7 Å². The number of nitriles is 1. The van der Waals surface area contributed by atoms with Crippen LogP contribution in [0, 0.1) is 23.2 Å². The quantitative estimate of drug-likeness (QED) is 0.261. The van der Waals surface area contributed by atoms with E-state index in [1.807, 2.05) is 48.5 Å². The van der Waals surface area contributed by atoms with Gasteiger partial charge in [-0.3, -0.25) is 4.79 Å². The number of pyridine rings is 1. The Bertz CT molecular complexity index is 1440. The molecule has 1 unspecified atom stereocenters. The summed E-state index contributed by atoms with van der Waals surface area (Å²) in [6.45, 7) is 3.18. The van der Waals surface area contributed by atoms with E-state index in [1.54, 1.807) is 13.1 Å². The largest absolute Gasteiger partial charge is 0.486 e. The predicted octanol–water partition coefficient (Wildman–Crippen LogP) is 5.91. The number of carbonyl (C=O) groups excluding carboxylic acids is 1. The smallest absolute Gasteiger partial charge is 0.307 e. The van der Waals surface area contributed by atoms with Crippen LogP contribution in [0.4, 0.5) is 0 Å². The highest BCUT2D eigenvalue weighted by Crippen LogP contribution is 2.42. The second kappa shape index (κ2) is 12.7. The standard InChI is InChI=1S/C33H32N2O5/c1-3-4-23(19-32(36)37-2)22-5-9-26(10-6-22)39-30-13-12-29-28(30)11-7-24(20-34)33(29)25-8-14-31(35-21-25)40-27-15-17-38-18-16-27/h5-11,14,21,23,27,30H,12-13,15-19H2,1-2H3/t23?,30-/m1/s1. The van der Waals surface area contributed by atoms with Crippen LogP contribution in [0.2, 0.25) is 0 Å². The molecule has 2 atom stereocenters. The Hall–Kier alpha value is -4.33. The number of nitrogens with zero attached hydrogens (tertiary/aromatic N) is 2. The molecule has 1 aliphatic heterocycles. The molecule has 3 aromatic rings.